The van der Waals surface area contributed by atoms with E-state index in [0.717, 1.165) is 10.9 Å². The van der Waals surface area contributed by atoms with Crippen LogP contribution in [-0.2, 0) is 11.3 Å². The number of aryl methyl sites for hydroxylation is 1. The van der Waals surface area contributed by atoms with Crippen molar-refractivity contribution < 1.29 is 9.21 Å². The molecule has 106 valence electrons. The lowest BCUT2D eigenvalue weighted by atomic mass is 10.1. The molecule has 6 heteroatoms. The molecule has 0 aliphatic carbocycles. The maximum atomic E-state index is 11.9. The van der Waals surface area contributed by atoms with Crippen LogP contribution < -0.4 is 10.9 Å². The van der Waals surface area contributed by atoms with Crippen molar-refractivity contribution in [3.05, 3.63) is 59.0 Å². The van der Waals surface area contributed by atoms with Crippen LogP contribution in [0.3, 0.4) is 0 Å². The normalized spacial score (nSPS) is 10.7. The van der Waals surface area contributed by atoms with Gasteiger partial charge in [0.05, 0.1) is 6.33 Å². The van der Waals surface area contributed by atoms with Crippen LogP contribution in [0.15, 0.2) is 52.2 Å². The summed E-state index contributed by atoms with van der Waals surface area (Å²) in [6.07, 6.45) is 4.89. The molecule has 0 bridgehead atoms. The SMILES string of the molecule is Cc1cc(=O)oc2cc(NC(=O)Cn3ccnc3)ccc12. The summed E-state index contributed by atoms with van der Waals surface area (Å²) in [6.45, 7) is 2.02. The van der Waals surface area contributed by atoms with Crippen LogP contribution in [-0.4, -0.2) is 15.5 Å². The summed E-state index contributed by atoms with van der Waals surface area (Å²) in [4.78, 5) is 27.2. The number of benzene rings is 1. The molecule has 2 aromatic heterocycles. The predicted molar refractivity (Wildman–Crippen MR) is 78.1 cm³/mol. The molecule has 0 saturated heterocycles. The Morgan fingerprint density at radius 2 is 2.24 bits per heavy atom. The molecule has 0 radical (unpaired) electrons. The van der Waals surface area contributed by atoms with Crippen molar-refractivity contribution in [2.75, 3.05) is 5.32 Å². The number of nitrogens with one attached hydrogen (secondary N) is 1. The summed E-state index contributed by atoms with van der Waals surface area (Å²) in [7, 11) is 0. The molecule has 0 aliphatic rings. The van der Waals surface area contributed by atoms with Crippen LogP contribution in [0.1, 0.15) is 5.56 Å². The smallest absolute Gasteiger partial charge is 0.336 e. The Hall–Kier alpha value is -2.89. The first-order valence-corrected chi connectivity index (χ1v) is 6.42. The van der Waals surface area contributed by atoms with Gasteiger partial charge in [-0.2, -0.15) is 0 Å². The average Bonchev–Trinajstić information content (AvgIpc) is 2.90. The second-order valence-corrected chi connectivity index (χ2v) is 4.74. The molecule has 2 heterocycles. The standard InChI is InChI=1S/C15H13N3O3/c1-10-6-15(20)21-13-7-11(2-3-12(10)13)17-14(19)8-18-5-4-16-9-18/h2-7,9H,8H2,1H3,(H,17,19). The van der Waals surface area contributed by atoms with Gasteiger partial charge < -0.3 is 14.3 Å². The summed E-state index contributed by atoms with van der Waals surface area (Å²) in [6, 6.07) is 6.69. The van der Waals surface area contributed by atoms with Gasteiger partial charge in [0.25, 0.3) is 0 Å². The monoisotopic (exact) mass is 283 g/mol. The maximum absolute atomic E-state index is 11.9. The van der Waals surface area contributed by atoms with Crippen LogP contribution in [0.25, 0.3) is 11.0 Å². The first-order chi connectivity index (χ1) is 10.1. The highest BCUT2D eigenvalue weighted by Gasteiger charge is 2.06. The molecule has 0 unspecified atom stereocenters. The van der Waals surface area contributed by atoms with E-state index < -0.39 is 5.63 Å². The first kappa shape index (κ1) is 13.1. The van der Waals surface area contributed by atoms with E-state index in [9.17, 15) is 9.59 Å². The van der Waals surface area contributed by atoms with Gasteiger partial charge >= 0.3 is 5.63 Å². The van der Waals surface area contributed by atoms with E-state index in [4.69, 9.17) is 4.42 Å². The van der Waals surface area contributed by atoms with Crippen LogP contribution >= 0.6 is 0 Å². The van der Waals surface area contributed by atoms with Gasteiger partial charge in [-0.3, -0.25) is 4.79 Å². The van der Waals surface area contributed by atoms with Crippen molar-refractivity contribution in [1.82, 2.24) is 9.55 Å². The Bertz CT molecular complexity index is 850. The Kier molecular flexibility index (Phi) is 3.27. The van der Waals surface area contributed by atoms with Gasteiger partial charge in [0.2, 0.25) is 5.91 Å². The number of carbonyl (C=O) groups is 1. The summed E-state index contributed by atoms with van der Waals surface area (Å²) < 4.78 is 6.82. The van der Waals surface area contributed by atoms with Crippen molar-refractivity contribution in [3.63, 3.8) is 0 Å². The number of carbonyl (C=O) groups excluding carboxylic acids is 1. The summed E-state index contributed by atoms with van der Waals surface area (Å²) >= 11 is 0. The Labute approximate surface area is 120 Å². The summed E-state index contributed by atoms with van der Waals surface area (Å²) in [5.74, 6) is -0.178. The van der Waals surface area contributed by atoms with Gasteiger partial charge in [-0.1, -0.05) is 0 Å². The number of anilines is 1. The van der Waals surface area contributed by atoms with Crippen molar-refractivity contribution in [2.24, 2.45) is 0 Å². The molecular weight excluding hydrogens is 270 g/mol. The van der Waals surface area contributed by atoms with Crippen molar-refractivity contribution in [2.45, 2.75) is 13.5 Å². The van der Waals surface area contributed by atoms with E-state index in [1.807, 2.05) is 13.0 Å². The average molecular weight is 283 g/mol. The zero-order valence-electron chi connectivity index (χ0n) is 11.4. The lowest BCUT2D eigenvalue weighted by molar-refractivity contribution is -0.116. The number of fused-ring (bicyclic) bond motifs is 1. The third kappa shape index (κ3) is 2.84. The third-order valence-corrected chi connectivity index (χ3v) is 3.12. The molecule has 3 aromatic rings. The number of nitrogens with zero attached hydrogens (tertiary/aromatic N) is 2. The highest BCUT2D eigenvalue weighted by Crippen LogP contribution is 2.20. The zero-order valence-corrected chi connectivity index (χ0v) is 11.4. The minimum Gasteiger partial charge on any atom is -0.423 e. The van der Waals surface area contributed by atoms with E-state index in [1.54, 1.807) is 35.4 Å². The summed E-state index contributed by atoms with van der Waals surface area (Å²) in [5, 5.41) is 3.61. The van der Waals surface area contributed by atoms with E-state index in [1.165, 1.54) is 6.07 Å². The zero-order chi connectivity index (χ0) is 14.8. The lowest BCUT2D eigenvalue weighted by Gasteiger charge is -2.07. The molecule has 0 spiro atoms. The van der Waals surface area contributed by atoms with Gasteiger partial charge in [0, 0.05) is 35.6 Å². The molecule has 3 rings (SSSR count). The second kappa shape index (κ2) is 5.24. The molecule has 1 N–H and O–H groups in total. The molecular formula is C15H13N3O3. The Morgan fingerprint density at radius 1 is 1.38 bits per heavy atom. The molecule has 1 aromatic carbocycles. The fraction of sp³-hybridized carbons (Fsp3) is 0.133. The van der Waals surface area contributed by atoms with Gasteiger partial charge in [0.1, 0.15) is 12.1 Å². The quantitative estimate of drug-likeness (QED) is 0.745. The van der Waals surface area contributed by atoms with Crippen LogP contribution in [0.4, 0.5) is 5.69 Å². The van der Waals surface area contributed by atoms with Crippen LogP contribution in [0.5, 0.6) is 0 Å². The number of aromatic nitrogens is 2. The van der Waals surface area contributed by atoms with E-state index in [0.29, 0.717) is 11.3 Å². The van der Waals surface area contributed by atoms with Crippen molar-refractivity contribution in [3.8, 4) is 0 Å². The predicted octanol–water partition coefficient (Wildman–Crippen LogP) is 1.94. The van der Waals surface area contributed by atoms with Gasteiger partial charge in [0.15, 0.2) is 0 Å². The molecule has 6 nitrogen and oxygen atoms in total. The van der Waals surface area contributed by atoms with Crippen LogP contribution in [0.2, 0.25) is 0 Å². The fourth-order valence-corrected chi connectivity index (χ4v) is 2.15. The van der Waals surface area contributed by atoms with Crippen molar-refractivity contribution in [1.29, 1.82) is 0 Å². The lowest BCUT2D eigenvalue weighted by Crippen LogP contribution is -2.17. The largest absolute Gasteiger partial charge is 0.423 e. The maximum Gasteiger partial charge on any atom is 0.336 e. The third-order valence-electron chi connectivity index (χ3n) is 3.12. The number of rotatable bonds is 3. The first-order valence-electron chi connectivity index (χ1n) is 6.42. The number of hydrogen-bond acceptors (Lipinski definition) is 4. The number of imidazole rings is 1. The summed E-state index contributed by atoms with van der Waals surface area (Å²) in [5.41, 5.74) is 1.49. The van der Waals surface area contributed by atoms with E-state index >= 15 is 0 Å². The topological polar surface area (TPSA) is 77.1 Å². The van der Waals surface area contributed by atoms with Gasteiger partial charge in [-0.05, 0) is 24.6 Å². The minimum absolute atomic E-state index is 0.176. The van der Waals surface area contributed by atoms with Crippen molar-refractivity contribution >= 4 is 22.6 Å². The number of amides is 1. The molecule has 0 fully saturated rings. The van der Waals surface area contributed by atoms with Crippen LogP contribution in [0, 0.1) is 6.92 Å². The number of hydrogen-bond donors (Lipinski definition) is 1. The van der Waals surface area contributed by atoms with E-state index in [2.05, 4.69) is 10.3 Å². The second-order valence-electron chi connectivity index (χ2n) is 4.74. The molecule has 1 amide bonds. The van der Waals surface area contributed by atoms with Gasteiger partial charge in [-0.25, -0.2) is 9.78 Å². The Morgan fingerprint density at radius 3 is 3.00 bits per heavy atom. The minimum atomic E-state index is -0.401. The highest BCUT2D eigenvalue weighted by molar-refractivity contribution is 5.93. The molecule has 21 heavy (non-hydrogen) atoms. The Balaban J connectivity index is 1.84. The molecule has 0 atom stereocenters. The molecule has 0 saturated carbocycles. The van der Waals surface area contributed by atoms with Gasteiger partial charge in [-0.15, -0.1) is 0 Å². The fourth-order valence-electron chi connectivity index (χ4n) is 2.15. The van der Waals surface area contributed by atoms with E-state index in [-0.39, 0.29) is 12.5 Å². The highest BCUT2D eigenvalue weighted by atomic mass is 16.4. The molecule has 0 aliphatic heterocycles.